The second-order valence-corrected chi connectivity index (χ2v) is 14.8. The Morgan fingerprint density at radius 1 is 1.15 bits per heavy atom. The van der Waals surface area contributed by atoms with E-state index >= 15 is 0 Å². The largest absolute Gasteiger partial charge is 0.444 e. The number of piperazine rings is 2. The average Bonchev–Trinajstić information content (AvgIpc) is 3.35. The Bertz CT molecular complexity index is 1550. The molecule has 2 aliphatic heterocycles. The highest BCUT2D eigenvalue weighted by molar-refractivity contribution is 7.16. The molecule has 2 atom stereocenters. The summed E-state index contributed by atoms with van der Waals surface area (Å²) >= 11 is 1.35. The first-order valence-corrected chi connectivity index (χ1v) is 16.6. The Morgan fingerprint density at radius 2 is 1.85 bits per heavy atom. The maximum atomic E-state index is 13.5. The van der Waals surface area contributed by atoms with Crippen LogP contribution >= 0.6 is 11.3 Å². The molecule has 5 rings (SSSR count). The van der Waals surface area contributed by atoms with Gasteiger partial charge in [-0.05, 0) is 67.0 Å². The Labute approximate surface area is 274 Å². The van der Waals surface area contributed by atoms with Crippen molar-refractivity contribution in [3.8, 4) is 6.07 Å². The third kappa shape index (κ3) is 6.85. The Kier molecular flexibility index (Phi) is 9.38. The van der Waals surface area contributed by atoms with E-state index in [1.807, 2.05) is 39.8 Å². The SMILES string of the molecule is CC1CN(c2cc(/C(N)=N/OC(=O)C3(C)CCCc4sc(N)c(C#N)c43)nc(N3CCN(C)CC3)c2)CCN1C(=O)OC(C)(C)C. The van der Waals surface area contributed by atoms with Gasteiger partial charge in [-0.3, -0.25) is 0 Å². The van der Waals surface area contributed by atoms with Gasteiger partial charge in [0.1, 0.15) is 28.2 Å². The number of anilines is 3. The number of ether oxygens (including phenoxy) is 1. The fraction of sp³-hybridized carbons (Fsp3) is 0.594. The zero-order valence-corrected chi connectivity index (χ0v) is 28.4. The van der Waals surface area contributed by atoms with Crippen LogP contribution in [0.5, 0.6) is 0 Å². The summed E-state index contributed by atoms with van der Waals surface area (Å²) in [5.74, 6) is 0.132. The van der Waals surface area contributed by atoms with E-state index in [9.17, 15) is 14.9 Å². The second kappa shape index (κ2) is 13.0. The van der Waals surface area contributed by atoms with Crippen LogP contribution in [0.1, 0.15) is 69.2 Å². The van der Waals surface area contributed by atoms with Gasteiger partial charge >= 0.3 is 12.1 Å². The highest BCUT2D eigenvalue weighted by Crippen LogP contribution is 2.46. The molecule has 14 heteroatoms. The Hall–Kier alpha value is -4.09. The summed E-state index contributed by atoms with van der Waals surface area (Å²) in [6.45, 7) is 14.4. The number of thiophene rings is 1. The maximum absolute atomic E-state index is 13.5. The van der Waals surface area contributed by atoms with Crippen LogP contribution in [0.25, 0.3) is 0 Å². The number of nitrogens with zero attached hydrogens (tertiary/aromatic N) is 7. The number of oxime groups is 1. The number of amidine groups is 1. The number of hydrogen-bond acceptors (Lipinski definition) is 12. The van der Waals surface area contributed by atoms with E-state index in [1.54, 1.807) is 11.8 Å². The molecule has 2 saturated heterocycles. The highest BCUT2D eigenvalue weighted by Gasteiger charge is 2.45. The molecule has 0 aromatic carbocycles. The van der Waals surface area contributed by atoms with Crippen LogP contribution in [0, 0.1) is 11.3 Å². The van der Waals surface area contributed by atoms with Crippen molar-refractivity contribution in [2.75, 3.05) is 68.4 Å². The smallest absolute Gasteiger partial charge is 0.410 e. The summed E-state index contributed by atoms with van der Waals surface area (Å²) in [7, 11) is 2.09. The minimum atomic E-state index is -1.07. The number of amides is 1. The number of rotatable bonds is 5. The van der Waals surface area contributed by atoms with E-state index in [1.165, 1.54) is 11.3 Å². The zero-order chi connectivity index (χ0) is 33.4. The summed E-state index contributed by atoms with van der Waals surface area (Å²) in [4.78, 5) is 46.1. The predicted octanol–water partition coefficient (Wildman–Crippen LogP) is 3.25. The summed E-state index contributed by atoms with van der Waals surface area (Å²) in [5, 5.41) is 14.2. The van der Waals surface area contributed by atoms with Crippen molar-refractivity contribution in [2.45, 2.75) is 70.9 Å². The molecule has 248 valence electrons. The van der Waals surface area contributed by atoms with Crippen LogP contribution in [-0.2, 0) is 26.2 Å². The molecular formula is C32H45N9O4S. The lowest BCUT2D eigenvalue weighted by molar-refractivity contribution is -0.150. The molecular weight excluding hydrogens is 606 g/mol. The summed E-state index contributed by atoms with van der Waals surface area (Å²) in [6, 6.07) is 5.96. The van der Waals surface area contributed by atoms with E-state index in [2.05, 4.69) is 33.0 Å². The van der Waals surface area contributed by atoms with Crippen molar-refractivity contribution in [3.05, 3.63) is 33.8 Å². The average molecular weight is 652 g/mol. The normalized spacial score (nSPS) is 22.7. The number of pyridine rings is 1. The van der Waals surface area contributed by atoms with Gasteiger partial charge in [0.05, 0.1) is 11.0 Å². The topological polar surface area (TPSA) is 167 Å². The van der Waals surface area contributed by atoms with Crippen LogP contribution < -0.4 is 21.3 Å². The third-order valence-electron chi connectivity index (χ3n) is 8.94. The molecule has 1 aliphatic carbocycles. The molecule has 4 N–H and O–H groups in total. The van der Waals surface area contributed by atoms with E-state index in [0.717, 1.165) is 55.4 Å². The van der Waals surface area contributed by atoms with Gasteiger partial charge in [-0.2, -0.15) is 5.26 Å². The minimum Gasteiger partial charge on any atom is -0.444 e. The van der Waals surface area contributed by atoms with Gasteiger partial charge in [-0.15, -0.1) is 11.3 Å². The molecule has 1 amide bonds. The first kappa shape index (κ1) is 33.3. The maximum Gasteiger partial charge on any atom is 0.410 e. The van der Waals surface area contributed by atoms with Gasteiger partial charge in [0.2, 0.25) is 0 Å². The van der Waals surface area contributed by atoms with Gasteiger partial charge in [0.25, 0.3) is 0 Å². The van der Waals surface area contributed by atoms with Crippen molar-refractivity contribution in [2.24, 2.45) is 10.9 Å². The molecule has 13 nitrogen and oxygen atoms in total. The van der Waals surface area contributed by atoms with Gasteiger partial charge in [-0.25, -0.2) is 14.6 Å². The lowest BCUT2D eigenvalue weighted by Crippen LogP contribution is -2.55. The number of aryl methyl sites for hydroxylation is 1. The lowest BCUT2D eigenvalue weighted by atomic mass is 9.72. The molecule has 0 saturated carbocycles. The molecule has 3 aliphatic rings. The van der Waals surface area contributed by atoms with Crippen LogP contribution in [0.3, 0.4) is 0 Å². The first-order valence-electron chi connectivity index (χ1n) is 15.8. The number of nitrogen functional groups attached to an aromatic ring is 1. The zero-order valence-electron chi connectivity index (χ0n) is 27.6. The van der Waals surface area contributed by atoms with E-state index in [4.69, 9.17) is 26.0 Å². The quantitative estimate of drug-likeness (QED) is 0.211. The van der Waals surface area contributed by atoms with Crippen LogP contribution in [0.15, 0.2) is 17.3 Å². The van der Waals surface area contributed by atoms with Crippen LogP contribution in [0.4, 0.5) is 21.3 Å². The van der Waals surface area contributed by atoms with Crippen LogP contribution in [0.2, 0.25) is 0 Å². The number of nitriles is 1. The van der Waals surface area contributed by atoms with Crippen molar-refractivity contribution < 1.29 is 19.2 Å². The number of aromatic nitrogens is 1. The minimum absolute atomic E-state index is 0.0315. The van der Waals surface area contributed by atoms with Gasteiger partial charge in [0.15, 0.2) is 5.84 Å². The summed E-state index contributed by atoms with van der Waals surface area (Å²) in [6.07, 6.45) is 1.71. The predicted molar refractivity (Wildman–Crippen MR) is 179 cm³/mol. The molecule has 2 aromatic rings. The fourth-order valence-electron chi connectivity index (χ4n) is 6.34. The molecule has 0 spiro atoms. The molecule has 2 unspecified atom stereocenters. The number of likely N-dealkylation sites (N-methyl/N-ethyl adjacent to an activating group) is 1. The fourth-order valence-corrected chi connectivity index (χ4v) is 7.53. The van der Waals surface area contributed by atoms with Crippen molar-refractivity contribution in [1.82, 2.24) is 14.8 Å². The third-order valence-corrected chi connectivity index (χ3v) is 10.0. The first-order chi connectivity index (χ1) is 21.7. The standard InChI is InChI=1S/C32H45N9O4S/c1-20-19-40(14-15-41(20)30(43)44-31(2,3)4)21-16-23(36-25(17-21)39-12-10-38(6)11-13-39)27(34)37-45-29(42)32(5)9-7-8-24-26(32)22(18-33)28(35)46-24/h16-17,20H,7-15,19,35H2,1-6H3,(H2,34,37). The second-order valence-electron chi connectivity index (χ2n) is 13.6. The molecule has 0 bridgehead atoms. The molecule has 0 radical (unpaired) electrons. The summed E-state index contributed by atoms with van der Waals surface area (Å²) < 4.78 is 5.63. The Morgan fingerprint density at radius 3 is 2.50 bits per heavy atom. The van der Waals surface area contributed by atoms with Crippen molar-refractivity contribution in [3.63, 3.8) is 0 Å². The highest BCUT2D eigenvalue weighted by atomic mass is 32.1. The Balaban J connectivity index is 1.40. The molecule has 4 heterocycles. The number of fused-ring (bicyclic) bond motifs is 1. The number of carbonyl (C=O) groups excluding carboxylic acids is 2. The molecule has 2 aromatic heterocycles. The van der Waals surface area contributed by atoms with Crippen molar-refractivity contribution >= 4 is 45.7 Å². The van der Waals surface area contributed by atoms with E-state index in [-0.39, 0.29) is 18.0 Å². The summed E-state index contributed by atoms with van der Waals surface area (Å²) in [5.41, 5.74) is 13.2. The van der Waals surface area contributed by atoms with Gasteiger partial charge < -0.3 is 40.6 Å². The number of nitrogens with two attached hydrogens (primary N) is 2. The number of carbonyl (C=O) groups is 2. The number of hydrogen-bond donors (Lipinski definition) is 2. The van der Waals surface area contributed by atoms with E-state index < -0.39 is 17.0 Å². The molecule has 46 heavy (non-hydrogen) atoms. The van der Waals surface area contributed by atoms with Gasteiger partial charge in [-0.1, -0.05) is 5.16 Å². The molecule has 2 fully saturated rings. The lowest BCUT2D eigenvalue weighted by Gasteiger charge is -2.41. The van der Waals surface area contributed by atoms with E-state index in [0.29, 0.717) is 47.9 Å². The van der Waals surface area contributed by atoms with Crippen LogP contribution in [-0.4, -0.2) is 97.2 Å². The van der Waals surface area contributed by atoms with Crippen molar-refractivity contribution in [1.29, 1.82) is 5.26 Å². The van der Waals surface area contributed by atoms with Gasteiger partial charge in [0, 0.05) is 74.0 Å². The monoisotopic (exact) mass is 651 g/mol.